The number of carboxylic acids is 1. The Bertz CT molecular complexity index is 871. The van der Waals surface area contributed by atoms with Crippen molar-refractivity contribution in [2.45, 2.75) is 19.8 Å². The van der Waals surface area contributed by atoms with Gasteiger partial charge in [0, 0.05) is 34.1 Å². The van der Waals surface area contributed by atoms with Gasteiger partial charge in [0.15, 0.2) is 0 Å². The van der Waals surface area contributed by atoms with Crippen molar-refractivity contribution in [1.82, 2.24) is 10.3 Å². The summed E-state index contributed by atoms with van der Waals surface area (Å²) in [5.74, 6) is -1.10. The minimum absolute atomic E-state index is 0.113. The van der Waals surface area contributed by atoms with E-state index >= 15 is 0 Å². The summed E-state index contributed by atoms with van der Waals surface area (Å²) in [6.45, 7) is 3.91. The van der Waals surface area contributed by atoms with Gasteiger partial charge in [-0.3, -0.25) is 4.98 Å². The van der Waals surface area contributed by atoms with Crippen LogP contribution in [-0.2, 0) is 0 Å². The number of dihydropyridines is 1. The lowest BCUT2D eigenvalue weighted by atomic mass is 9.83. The Kier molecular flexibility index (Phi) is 4.40. The van der Waals surface area contributed by atoms with Crippen molar-refractivity contribution in [3.05, 3.63) is 81.9 Å². The molecule has 3 rings (SSSR count). The predicted octanol–water partition coefficient (Wildman–Crippen LogP) is 4.46. The van der Waals surface area contributed by atoms with Crippen molar-refractivity contribution in [2.75, 3.05) is 0 Å². The maximum atomic E-state index is 11.6. The molecular weight excluding hydrogens is 324 g/mol. The molecule has 0 bridgehead atoms. The maximum Gasteiger partial charge on any atom is 0.337 e. The number of benzene rings is 1. The summed E-state index contributed by atoms with van der Waals surface area (Å²) in [5.41, 5.74) is 4.41. The van der Waals surface area contributed by atoms with E-state index in [9.17, 15) is 9.90 Å². The molecule has 1 aliphatic rings. The number of carboxylic acid groups (broad SMARTS) is 1. The molecule has 0 spiro atoms. The van der Waals surface area contributed by atoms with Crippen LogP contribution in [0.3, 0.4) is 0 Å². The summed E-state index contributed by atoms with van der Waals surface area (Å²) in [7, 11) is 0. The molecule has 1 aromatic carbocycles. The lowest BCUT2D eigenvalue weighted by molar-refractivity contribution is 0.0696. The fourth-order valence-corrected chi connectivity index (χ4v) is 3.25. The number of nitrogens with zero attached hydrogens (tertiary/aromatic N) is 1. The SMILES string of the molecule is CC1=CC(c2cccc(Cl)c2)C(c2ncccc2C(=O)O)=C(C)N1. The van der Waals surface area contributed by atoms with Gasteiger partial charge in [0.05, 0.1) is 11.3 Å². The first-order valence-electron chi connectivity index (χ1n) is 7.57. The second-order valence-electron chi connectivity index (χ2n) is 5.75. The van der Waals surface area contributed by atoms with Gasteiger partial charge >= 0.3 is 5.97 Å². The van der Waals surface area contributed by atoms with E-state index in [0.717, 1.165) is 22.5 Å². The molecule has 0 saturated heterocycles. The number of carbonyl (C=O) groups is 1. The van der Waals surface area contributed by atoms with Crippen LogP contribution in [0, 0.1) is 0 Å². The number of allylic oxidation sites excluding steroid dienone is 4. The molecule has 2 aromatic rings. The molecule has 0 aliphatic carbocycles. The van der Waals surface area contributed by atoms with E-state index in [1.165, 1.54) is 0 Å². The summed E-state index contributed by atoms with van der Waals surface area (Å²) in [6.07, 6.45) is 3.68. The highest BCUT2D eigenvalue weighted by Gasteiger charge is 2.27. The normalized spacial score (nSPS) is 17.3. The van der Waals surface area contributed by atoms with Crippen LogP contribution in [0.2, 0.25) is 5.02 Å². The molecule has 1 aliphatic heterocycles. The fourth-order valence-electron chi connectivity index (χ4n) is 3.05. The molecule has 0 saturated carbocycles. The fraction of sp³-hybridized carbons (Fsp3) is 0.158. The molecule has 1 aromatic heterocycles. The first-order valence-corrected chi connectivity index (χ1v) is 7.95. The molecule has 2 heterocycles. The number of aromatic carboxylic acids is 1. The van der Waals surface area contributed by atoms with E-state index in [4.69, 9.17) is 11.6 Å². The molecule has 2 N–H and O–H groups in total. The molecule has 0 radical (unpaired) electrons. The lowest BCUT2D eigenvalue weighted by Crippen LogP contribution is -2.21. The smallest absolute Gasteiger partial charge is 0.337 e. The van der Waals surface area contributed by atoms with Crippen LogP contribution in [-0.4, -0.2) is 16.1 Å². The Labute approximate surface area is 145 Å². The van der Waals surface area contributed by atoms with Crippen LogP contribution in [0.1, 0.15) is 41.4 Å². The highest BCUT2D eigenvalue weighted by atomic mass is 35.5. The summed E-state index contributed by atoms with van der Waals surface area (Å²) in [5, 5.41) is 13.4. The first kappa shape index (κ1) is 16.3. The Hall–Kier alpha value is -2.59. The van der Waals surface area contributed by atoms with E-state index in [2.05, 4.69) is 16.4 Å². The largest absolute Gasteiger partial charge is 0.478 e. The molecule has 5 heteroatoms. The quantitative estimate of drug-likeness (QED) is 0.866. The Balaban J connectivity index is 2.20. The second-order valence-corrected chi connectivity index (χ2v) is 6.19. The summed E-state index contributed by atoms with van der Waals surface area (Å²) < 4.78 is 0. The van der Waals surface area contributed by atoms with Gasteiger partial charge in [-0.1, -0.05) is 29.8 Å². The monoisotopic (exact) mass is 340 g/mol. The molecule has 24 heavy (non-hydrogen) atoms. The Morgan fingerprint density at radius 3 is 2.75 bits per heavy atom. The molecular formula is C19H17ClN2O2. The van der Waals surface area contributed by atoms with E-state index in [1.807, 2.05) is 38.1 Å². The third-order valence-electron chi connectivity index (χ3n) is 4.02. The first-order chi connectivity index (χ1) is 11.5. The van der Waals surface area contributed by atoms with Gasteiger partial charge < -0.3 is 10.4 Å². The lowest BCUT2D eigenvalue weighted by Gasteiger charge is -2.27. The van der Waals surface area contributed by atoms with Gasteiger partial charge in [0.2, 0.25) is 0 Å². The average Bonchev–Trinajstić information content (AvgIpc) is 2.54. The topological polar surface area (TPSA) is 62.2 Å². The zero-order valence-electron chi connectivity index (χ0n) is 13.4. The van der Waals surface area contributed by atoms with Crippen molar-refractivity contribution in [3.8, 4) is 0 Å². The van der Waals surface area contributed by atoms with Crippen LogP contribution >= 0.6 is 11.6 Å². The van der Waals surface area contributed by atoms with Crippen LogP contribution in [0.4, 0.5) is 0 Å². The predicted molar refractivity (Wildman–Crippen MR) is 94.9 cm³/mol. The van der Waals surface area contributed by atoms with Gasteiger partial charge in [-0.25, -0.2) is 4.79 Å². The van der Waals surface area contributed by atoms with E-state index in [1.54, 1.807) is 18.3 Å². The molecule has 0 fully saturated rings. The molecule has 122 valence electrons. The summed E-state index contributed by atoms with van der Waals surface area (Å²) in [6, 6.07) is 10.8. The summed E-state index contributed by atoms with van der Waals surface area (Å²) >= 11 is 6.15. The highest BCUT2D eigenvalue weighted by Crippen LogP contribution is 2.39. The maximum absolute atomic E-state index is 11.6. The number of halogens is 1. The van der Waals surface area contributed by atoms with E-state index in [-0.39, 0.29) is 11.5 Å². The van der Waals surface area contributed by atoms with Crippen molar-refractivity contribution in [1.29, 1.82) is 0 Å². The summed E-state index contributed by atoms with van der Waals surface area (Å²) in [4.78, 5) is 16.0. The highest BCUT2D eigenvalue weighted by molar-refractivity contribution is 6.30. The van der Waals surface area contributed by atoms with Crippen LogP contribution in [0.5, 0.6) is 0 Å². The van der Waals surface area contributed by atoms with Crippen molar-refractivity contribution in [2.24, 2.45) is 0 Å². The van der Waals surface area contributed by atoms with E-state index < -0.39 is 5.97 Å². The number of rotatable bonds is 3. The van der Waals surface area contributed by atoms with Gasteiger partial charge in [0.25, 0.3) is 0 Å². The second kappa shape index (κ2) is 6.49. The van der Waals surface area contributed by atoms with Gasteiger partial charge in [-0.2, -0.15) is 0 Å². The zero-order valence-corrected chi connectivity index (χ0v) is 14.1. The van der Waals surface area contributed by atoms with Crippen LogP contribution in [0.25, 0.3) is 5.57 Å². The van der Waals surface area contributed by atoms with Crippen molar-refractivity contribution >= 4 is 23.1 Å². The molecule has 0 amide bonds. The minimum atomic E-state index is -0.991. The number of hydrogen-bond acceptors (Lipinski definition) is 3. The molecule has 1 unspecified atom stereocenters. The number of aromatic nitrogens is 1. The molecule has 1 atom stereocenters. The number of nitrogens with one attached hydrogen (secondary N) is 1. The van der Waals surface area contributed by atoms with Crippen molar-refractivity contribution in [3.63, 3.8) is 0 Å². The van der Waals surface area contributed by atoms with Crippen LogP contribution < -0.4 is 5.32 Å². The van der Waals surface area contributed by atoms with Gasteiger partial charge in [-0.05, 0) is 43.7 Å². The standard InChI is InChI=1S/C19H17ClN2O2/c1-11-9-16(13-5-3-6-14(20)10-13)17(12(2)22-11)18-15(19(23)24)7-4-8-21-18/h3-10,16,22H,1-2H3,(H,23,24). The number of pyridine rings is 1. The average molecular weight is 341 g/mol. The zero-order chi connectivity index (χ0) is 17.3. The van der Waals surface area contributed by atoms with Crippen molar-refractivity contribution < 1.29 is 9.90 Å². The Morgan fingerprint density at radius 2 is 2.04 bits per heavy atom. The third kappa shape index (κ3) is 3.05. The van der Waals surface area contributed by atoms with Crippen LogP contribution in [0.15, 0.2) is 60.1 Å². The number of hydrogen-bond donors (Lipinski definition) is 2. The minimum Gasteiger partial charge on any atom is -0.478 e. The van der Waals surface area contributed by atoms with E-state index in [0.29, 0.717) is 10.7 Å². The third-order valence-corrected chi connectivity index (χ3v) is 4.25. The van der Waals surface area contributed by atoms with Gasteiger partial charge in [0.1, 0.15) is 0 Å². The van der Waals surface area contributed by atoms with Gasteiger partial charge in [-0.15, -0.1) is 0 Å². The Morgan fingerprint density at radius 1 is 1.25 bits per heavy atom. The molecule has 4 nitrogen and oxygen atoms in total.